The molecule has 0 atom stereocenters. The average molecular weight is 423 g/mol. The summed E-state index contributed by atoms with van der Waals surface area (Å²) in [6.45, 7) is 6.06. The van der Waals surface area contributed by atoms with Crippen LogP contribution in [0.4, 0.5) is 10.8 Å². The number of hydrogen-bond donors (Lipinski definition) is 2. The van der Waals surface area contributed by atoms with E-state index < -0.39 is 11.8 Å². The highest BCUT2D eigenvalue weighted by molar-refractivity contribution is 7.18. The number of carbonyl (C=O) groups is 2. The summed E-state index contributed by atoms with van der Waals surface area (Å²) in [5.41, 5.74) is 5.03. The molecular formula is C21H22N6O2S. The Bertz CT molecular complexity index is 1010. The Morgan fingerprint density at radius 2 is 1.70 bits per heavy atom. The van der Waals surface area contributed by atoms with Crippen LogP contribution < -0.4 is 15.6 Å². The zero-order valence-electron chi connectivity index (χ0n) is 16.7. The van der Waals surface area contributed by atoms with Gasteiger partial charge in [0.15, 0.2) is 0 Å². The normalized spacial score (nSPS) is 10.7. The predicted molar refractivity (Wildman–Crippen MR) is 120 cm³/mol. The molecule has 0 fully saturated rings. The number of carbonyl (C=O) groups excluding carboxylic acids is 2. The second kappa shape index (κ2) is 10.3. The molecular weight excluding hydrogens is 400 g/mol. The molecule has 0 radical (unpaired) electrons. The summed E-state index contributed by atoms with van der Waals surface area (Å²) >= 11 is 1.18. The number of hydrazone groups is 1. The van der Waals surface area contributed by atoms with Gasteiger partial charge >= 0.3 is 11.8 Å². The summed E-state index contributed by atoms with van der Waals surface area (Å²) in [5.74, 6) is -1.75. The van der Waals surface area contributed by atoms with Crippen molar-refractivity contribution in [3.63, 3.8) is 0 Å². The van der Waals surface area contributed by atoms with Gasteiger partial charge in [0.05, 0.1) is 6.21 Å². The Balaban J connectivity index is 1.52. The van der Waals surface area contributed by atoms with Crippen molar-refractivity contribution in [3.05, 3.63) is 60.2 Å². The van der Waals surface area contributed by atoms with Gasteiger partial charge in [-0.05, 0) is 31.5 Å². The lowest BCUT2D eigenvalue weighted by atomic mass is 10.2. The van der Waals surface area contributed by atoms with E-state index in [0.29, 0.717) is 5.01 Å². The SMILES string of the molecule is CCN(CC)c1ccc(C=NNC(=O)C(=O)Nc2nnc(-c3ccccc3)s2)cc1. The van der Waals surface area contributed by atoms with Gasteiger partial charge in [-0.25, -0.2) is 5.43 Å². The number of benzene rings is 2. The van der Waals surface area contributed by atoms with Gasteiger partial charge < -0.3 is 4.90 Å². The van der Waals surface area contributed by atoms with Gasteiger partial charge in [0.2, 0.25) is 5.13 Å². The molecule has 1 aromatic heterocycles. The maximum absolute atomic E-state index is 12.0. The molecule has 9 heteroatoms. The second-order valence-electron chi connectivity index (χ2n) is 6.20. The van der Waals surface area contributed by atoms with Crippen LogP contribution in [0.2, 0.25) is 0 Å². The van der Waals surface area contributed by atoms with Crippen LogP contribution in [-0.2, 0) is 9.59 Å². The van der Waals surface area contributed by atoms with Crippen LogP contribution in [0, 0.1) is 0 Å². The second-order valence-corrected chi connectivity index (χ2v) is 7.17. The van der Waals surface area contributed by atoms with E-state index in [1.807, 2.05) is 54.6 Å². The predicted octanol–water partition coefficient (Wildman–Crippen LogP) is 3.14. The van der Waals surface area contributed by atoms with Crippen molar-refractivity contribution < 1.29 is 9.59 Å². The molecule has 0 bridgehead atoms. The number of nitrogens with one attached hydrogen (secondary N) is 2. The maximum Gasteiger partial charge on any atom is 0.329 e. The number of nitrogens with zero attached hydrogens (tertiary/aromatic N) is 4. The first kappa shape index (κ1) is 21.1. The Kier molecular flexibility index (Phi) is 7.23. The van der Waals surface area contributed by atoms with Crippen LogP contribution in [0.3, 0.4) is 0 Å². The molecule has 2 amide bonds. The minimum atomic E-state index is -0.887. The number of rotatable bonds is 7. The van der Waals surface area contributed by atoms with Gasteiger partial charge in [0.1, 0.15) is 5.01 Å². The Morgan fingerprint density at radius 1 is 1.00 bits per heavy atom. The third-order valence-corrected chi connectivity index (χ3v) is 5.16. The van der Waals surface area contributed by atoms with Gasteiger partial charge in [0.25, 0.3) is 0 Å². The summed E-state index contributed by atoms with van der Waals surface area (Å²) in [5, 5.41) is 15.1. The van der Waals surface area contributed by atoms with Crippen molar-refractivity contribution in [3.8, 4) is 10.6 Å². The fourth-order valence-corrected chi connectivity index (χ4v) is 3.45. The van der Waals surface area contributed by atoms with Crippen LogP contribution >= 0.6 is 11.3 Å². The van der Waals surface area contributed by atoms with E-state index in [4.69, 9.17) is 0 Å². The van der Waals surface area contributed by atoms with Gasteiger partial charge in [0, 0.05) is 24.3 Å². The van der Waals surface area contributed by atoms with Crippen LogP contribution in [0.25, 0.3) is 10.6 Å². The first-order chi connectivity index (χ1) is 14.6. The standard InChI is InChI=1S/C21H22N6O2S/c1-3-27(4-2)17-12-10-15(11-13-17)14-22-24-19(29)18(28)23-21-26-25-20(30-21)16-8-6-5-7-9-16/h5-14H,3-4H2,1-2H3,(H,24,29)(H,23,26,28). The van der Waals surface area contributed by atoms with E-state index in [1.54, 1.807) is 0 Å². The molecule has 0 saturated carbocycles. The smallest absolute Gasteiger partial charge is 0.329 e. The molecule has 30 heavy (non-hydrogen) atoms. The van der Waals surface area contributed by atoms with Crippen molar-refractivity contribution in [2.24, 2.45) is 5.10 Å². The highest BCUT2D eigenvalue weighted by Crippen LogP contribution is 2.25. The van der Waals surface area contributed by atoms with Crippen molar-refractivity contribution >= 4 is 40.2 Å². The van der Waals surface area contributed by atoms with Gasteiger partial charge in [-0.3, -0.25) is 14.9 Å². The molecule has 0 unspecified atom stereocenters. The van der Waals surface area contributed by atoms with E-state index in [2.05, 4.69) is 44.8 Å². The minimum Gasteiger partial charge on any atom is -0.372 e. The zero-order valence-corrected chi connectivity index (χ0v) is 17.5. The molecule has 154 valence electrons. The Morgan fingerprint density at radius 3 is 2.37 bits per heavy atom. The molecule has 3 aromatic rings. The van der Waals surface area contributed by atoms with Gasteiger partial charge in [-0.2, -0.15) is 5.10 Å². The van der Waals surface area contributed by atoms with Crippen molar-refractivity contribution in [1.82, 2.24) is 15.6 Å². The monoisotopic (exact) mass is 422 g/mol. The molecule has 8 nitrogen and oxygen atoms in total. The zero-order chi connectivity index (χ0) is 21.3. The molecule has 2 N–H and O–H groups in total. The van der Waals surface area contributed by atoms with Crippen molar-refractivity contribution in [2.75, 3.05) is 23.3 Å². The Hall–Kier alpha value is -3.59. The molecule has 1 heterocycles. The van der Waals surface area contributed by atoms with E-state index in [0.717, 1.165) is 29.9 Å². The lowest BCUT2D eigenvalue weighted by Crippen LogP contribution is -2.32. The summed E-state index contributed by atoms with van der Waals surface area (Å²) in [7, 11) is 0. The van der Waals surface area contributed by atoms with Crippen LogP contribution in [0.5, 0.6) is 0 Å². The van der Waals surface area contributed by atoms with Crippen molar-refractivity contribution in [2.45, 2.75) is 13.8 Å². The lowest BCUT2D eigenvalue weighted by molar-refractivity contribution is -0.136. The fraction of sp³-hybridized carbons (Fsp3) is 0.190. The molecule has 2 aromatic carbocycles. The third-order valence-electron chi connectivity index (χ3n) is 4.27. The molecule has 0 aliphatic heterocycles. The van der Waals surface area contributed by atoms with E-state index >= 15 is 0 Å². The van der Waals surface area contributed by atoms with Gasteiger partial charge in [-0.15, -0.1) is 10.2 Å². The molecule has 0 saturated heterocycles. The van der Waals surface area contributed by atoms with E-state index in [-0.39, 0.29) is 5.13 Å². The number of amides is 2. The van der Waals surface area contributed by atoms with Crippen LogP contribution in [0.1, 0.15) is 19.4 Å². The lowest BCUT2D eigenvalue weighted by Gasteiger charge is -2.20. The summed E-state index contributed by atoms with van der Waals surface area (Å²) < 4.78 is 0. The number of anilines is 2. The van der Waals surface area contributed by atoms with Gasteiger partial charge in [-0.1, -0.05) is 53.8 Å². The fourth-order valence-electron chi connectivity index (χ4n) is 2.70. The van der Waals surface area contributed by atoms with E-state index in [9.17, 15) is 9.59 Å². The first-order valence-corrected chi connectivity index (χ1v) is 10.3. The van der Waals surface area contributed by atoms with Crippen LogP contribution in [0.15, 0.2) is 59.7 Å². The summed E-state index contributed by atoms with van der Waals surface area (Å²) in [4.78, 5) is 26.2. The van der Waals surface area contributed by atoms with E-state index in [1.165, 1.54) is 17.6 Å². The molecule has 3 rings (SSSR count). The maximum atomic E-state index is 12.0. The molecule has 0 spiro atoms. The van der Waals surface area contributed by atoms with Crippen LogP contribution in [-0.4, -0.2) is 41.3 Å². The minimum absolute atomic E-state index is 0.241. The number of hydrogen-bond acceptors (Lipinski definition) is 7. The highest BCUT2D eigenvalue weighted by atomic mass is 32.1. The highest BCUT2D eigenvalue weighted by Gasteiger charge is 2.16. The topological polar surface area (TPSA) is 99.6 Å². The summed E-state index contributed by atoms with van der Waals surface area (Å²) in [6.07, 6.45) is 1.48. The molecule has 0 aliphatic rings. The largest absolute Gasteiger partial charge is 0.372 e. The summed E-state index contributed by atoms with van der Waals surface area (Å²) in [6, 6.07) is 17.2. The molecule has 0 aliphatic carbocycles. The first-order valence-electron chi connectivity index (χ1n) is 9.49. The Labute approximate surface area is 178 Å². The van der Waals surface area contributed by atoms with Crippen molar-refractivity contribution in [1.29, 1.82) is 0 Å². The number of aromatic nitrogens is 2. The third kappa shape index (κ3) is 5.48. The quantitative estimate of drug-likeness (QED) is 0.346. The average Bonchev–Trinajstić information content (AvgIpc) is 3.24.